The van der Waals surface area contributed by atoms with E-state index in [0.717, 1.165) is 5.56 Å². The van der Waals surface area contributed by atoms with Gasteiger partial charge in [-0.2, -0.15) is 0 Å². The highest BCUT2D eigenvalue weighted by Gasteiger charge is 2.24. The Labute approximate surface area is 146 Å². The summed E-state index contributed by atoms with van der Waals surface area (Å²) in [6, 6.07) is 8.27. The molecule has 1 aliphatic rings. The Balaban J connectivity index is 1.50. The minimum absolute atomic E-state index is 0.0602. The molecule has 0 unspecified atom stereocenters. The van der Waals surface area contributed by atoms with E-state index in [-0.39, 0.29) is 24.1 Å². The van der Waals surface area contributed by atoms with E-state index in [1.54, 1.807) is 28.0 Å². The SMILES string of the molecule is Cn1ccc(CC(=O)N2CCN(C(=O)Cc3ccccc3F)CC2)c1. The van der Waals surface area contributed by atoms with Gasteiger partial charge in [0.2, 0.25) is 11.8 Å². The van der Waals surface area contributed by atoms with Crippen molar-refractivity contribution in [2.75, 3.05) is 26.2 Å². The number of hydrogen-bond acceptors (Lipinski definition) is 2. The van der Waals surface area contributed by atoms with Crippen LogP contribution in [0.15, 0.2) is 42.7 Å². The van der Waals surface area contributed by atoms with Crippen LogP contribution in [-0.2, 0) is 29.5 Å². The Morgan fingerprint density at radius 2 is 1.56 bits per heavy atom. The standard InChI is InChI=1S/C19H22FN3O2/c1-21-7-6-15(14-21)12-18(24)22-8-10-23(11-9-22)19(25)13-16-4-2-3-5-17(16)20/h2-7,14H,8-13H2,1H3. The Morgan fingerprint density at radius 1 is 0.960 bits per heavy atom. The third-order valence-corrected chi connectivity index (χ3v) is 4.53. The summed E-state index contributed by atoms with van der Waals surface area (Å²) in [4.78, 5) is 28.2. The molecule has 0 radical (unpaired) electrons. The lowest BCUT2D eigenvalue weighted by molar-refractivity contribution is -0.138. The summed E-state index contributed by atoms with van der Waals surface area (Å²) in [5.41, 5.74) is 1.40. The van der Waals surface area contributed by atoms with Crippen molar-refractivity contribution in [1.82, 2.24) is 14.4 Å². The number of nitrogens with zero attached hydrogens (tertiary/aromatic N) is 3. The lowest BCUT2D eigenvalue weighted by atomic mass is 10.1. The molecule has 3 rings (SSSR count). The van der Waals surface area contributed by atoms with Crippen molar-refractivity contribution in [3.8, 4) is 0 Å². The molecule has 2 aromatic rings. The van der Waals surface area contributed by atoms with Gasteiger partial charge in [-0.3, -0.25) is 9.59 Å². The average molecular weight is 343 g/mol. The fourth-order valence-corrected chi connectivity index (χ4v) is 3.07. The number of aromatic nitrogens is 1. The summed E-state index contributed by atoms with van der Waals surface area (Å²) in [5, 5.41) is 0. The molecule has 2 heterocycles. The summed E-state index contributed by atoms with van der Waals surface area (Å²) in [5.74, 6) is -0.375. The number of hydrogen-bond donors (Lipinski definition) is 0. The van der Waals surface area contributed by atoms with Crippen LogP contribution in [0.2, 0.25) is 0 Å². The first-order valence-corrected chi connectivity index (χ1v) is 8.43. The highest BCUT2D eigenvalue weighted by Crippen LogP contribution is 2.11. The lowest BCUT2D eigenvalue weighted by Crippen LogP contribution is -2.51. The van der Waals surface area contributed by atoms with E-state index in [4.69, 9.17) is 0 Å². The highest BCUT2D eigenvalue weighted by atomic mass is 19.1. The second-order valence-electron chi connectivity index (χ2n) is 6.39. The maximum atomic E-state index is 13.7. The zero-order chi connectivity index (χ0) is 17.8. The third-order valence-electron chi connectivity index (χ3n) is 4.53. The van der Waals surface area contributed by atoms with E-state index in [1.807, 2.05) is 30.1 Å². The molecule has 1 fully saturated rings. The molecule has 0 atom stereocenters. The summed E-state index contributed by atoms with van der Waals surface area (Å²) in [6.07, 6.45) is 4.29. The molecule has 25 heavy (non-hydrogen) atoms. The van der Waals surface area contributed by atoms with E-state index in [1.165, 1.54) is 6.07 Å². The summed E-state index contributed by atoms with van der Waals surface area (Å²) < 4.78 is 15.6. The Bertz CT molecular complexity index is 764. The van der Waals surface area contributed by atoms with Crippen LogP contribution in [0.25, 0.3) is 0 Å². The lowest BCUT2D eigenvalue weighted by Gasteiger charge is -2.35. The number of aryl methyl sites for hydroxylation is 1. The molecule has 2 amide bonds. The van der Waals surface area contributed by atoms with Crippen LogP contribution in [0, 0.1) is 5.82 Å². The second kappa shape index (κ2) is 7.51. The second-order valence-corrected chi connectivity index (χ2v) is 6.39. The van der Waals surface area contributed by atoms with Crippen LogP contribution in [0.5, 0.6) is 0 Å². The smallest absolute Gasteiger partial charge is 0.227 e. The van der Waals surface area contributed by atoms with Crippen LogP contribution in [0.4, 0.5) is 4.39 Å². The number of benzene rings is 1. The maximum Gasteiger partial charge on any atom is 0.227 e. The number of piperazine rings is 1. The minimum atomic E-state index is -0.354. The van der Waals surface area contributed by atoms with Gasteiger partial charge in [-0.05, 0) is 23.3 Å². The zero-order valence-electron chi connectivity index (χ0n) is 14.3. The molecule has 1 aromatic carbocycles. The molecule has 0 saturated carbocycles. The molecule has 1 aliphatic heterocycles. The highest BCUT2D eigenvalue weighted by molar-refractivity contribution is 5.81. The van der Waals surface area contributed by atoms with Crippen molar-refractivity contribution in [3.05, 3.63) is 59.7 Å². The molecule has 0 bridgehead atoms. The van der Waals surface area contributed by atoms with Crippen molar-refractivity contribution >= 4 is 11.8 Å². The largest absolute Gasteiger partial charge is 0.357 e. The molecular weight excluding hydrogens is 321 g/mol. The van der Waals surface area contributed by atoms with Crippen LogP contribution in [0.3, 0.4) is 0 Å². The Hall–Kier alpha value is -2.63. The van der Waals surface area contributed by atoms with Gasteiger partial charge in [0.05, 0.1) is 12.8 Å². The van der Waals surface area contributed by atoms with E-state index in [2.05, 4.69) is 0 Å². The first-order valence-electron chi connectivity index (χ1n) is 8.43. The van der Waals surface area contributed by atoms with Crippen molar-refractivity contribution in [3.63, 3.8) is 0 Å². The van der Waals surface area contributed by atoms with Gasteiger partial charge in [0.15, 0.2) is 0 Å². The van der Waals surface area contributed by atoms with Gasteiger partial charge in [-0.15, -0.1) is 0 Å². The minimum Gasteiger partial charge on any atom is -0.357 e. The van der Waals surface area contributed by atoms with Gasteiger partial charge in [0.1, 0.15) is 5.82 Å². The van der Waals surface area contributed by atoms with Crippen molar-refractivity contribution < 1.29 is 14.0 Å². The molecular formula is C19H22FN3O2. The molecule has 5 nitrogen and oxygen atoms in total. The van der Waals surface area contributed by atoms with E-state index in [9.17, 15) is 14.0 Å². The predicted molar refractivity (Wildman–Crippen MR) is 92.4 cm³/mol. The van der Waals surface area contributed by atoms with Gasteiger partial charge >= 0.3 is 0 Å². The number of amides is 2. The molecule has 1 aromatic heterocycles. The zero-order valence-corrected chi connectivity index (χ0v) is 14.3. The Morgan fingerprint density at radius 3 is 2.12 bits per heavy atom. The van der Waals surface area contributed by atoms with Crippen LogP contribution < -0.4 is 0 Å². The molecule has 0 aliphatic carbocycles. The van der Waals surface area contributed by atoms with E-state index < -0.39 is 0 Å². The molecule has 0 N–H and O–H groups in total. The first kappa shape index (κ1) is 17.2. The van der Waals surface area contributed by atoms with Gasteiger partial charge in [0, 0.05) is 45.6 Å². The fraction of sp³-hybridized carbons (Fsp3) is 0.368. The van der Waals surface area contributed by atoms with Crippen molar-refractivity contribution in [1.29, 1.82) is 0 Å². The quantitative estimate of drug-likeness (QED) is 0.847. The predicted octanol–water partition coefficient (Wildman–Crippen LogP) is 1.62. The van der Waals surface area contributed by atoms with Gasteiger partial charge in [-0.25, -0.2) is 4.39 Å². The van der Waals surface area contributed by atoms with Gasteiger partial charge in [-0.1, -0.05) is 18.2 Å². The Kier molecular flexibility index (Phi) is 5.16. The molecule has 6 heteroatoms. The monoisotopic (exact) mass is 343 g/mol. The average Bonchev–Trinajstić information content (AvgIpc) is 3.02. The van der Waals surface area contributed by atoms with Crippen molar-refractivity contribution in [2.45, 2.75) is 12.8 Å². The summed E-state index contributed by atoms with van der Waals surface area (Å²) in [7, 11) is 1.92. The third kappa shape index (κ3) is 4.26. The fourth-order valence-electron chi connectivity index (χ4n) is 3.07. The van der Waals surface area contributed by atoms with E-state index >= 15 is 0 Å². The number of rotatable bonds is 4. The topological polar surface area (TPSA) is 45.6 Å². The number of halogens is 1. The molecule has 0 spiro atoms. The van der Waals surface area contributed by atoms with Gasteiger partial charge in [0.25, 0.3) is 0 Å². The molecule has 132 valence electrons. The van der Waals surface area contributed by atoms with Gasteiger partial charge < -0.3 is 14.4 Å². The summed E-state index contributed by atoms with van der Waals surface area (Å²) in [6.45, 7) is 2.03. The maximum absolute atomic E-state index is 13.7. The van der Waals surface area contributed by atoms with Crippen LogP contribution >= 0.6 is 0 Å². The normalized spacial score (nSPS) is 14.6. The van der Waals surface area contributed by atoms with Crippen molar-refractivity contribution in [2.24, 2.45) is 7.05 Å². The number of carbonyl (C=O) groups is 2. The first-order chi connectivity index (χ1) is 12.0. The summed E-state index contributed by atoms with van der Waals surface area (Å²) >= 11 is 0. The molecule has 1 saturated heterocycles. The van der Waals surface area contributed by atoms with Crippen LogP contribution in [-0.4, -0.2) is 52.4 Å². The van der Waals surface area contributed by atoms with Crippen LogP contribution in [0.1, 0.15) is 11.1 Å². The number of carbonyl (C=O) groups excluding carboxylic acids is 2. The van der Waals surface area contributed by atoms with E-state index in [0.29, 0.717) is 38.2 Å².